The van der Waals surface area contributed by atoms with Gasteiger partial charge >= 0.3 is 0 Å². The van der Waals surface area contributed by atoms with Crippen molar-refractivity contribution in [1.29, 1.82) is 0 Å². The van der Waals surface area contributed by atoms with Crippen LogP contribution in [0.2, 0.25) is 0 Å². The molecule has 0 fully saturated rings. The second-order valence-corrected chi connectivity index (χ2v) is 19.7. The number of halogens is 16. The molecule has 90 heavy (non-hydrogen) atoms. The molecule has 0 spiro atoms. The monoisotopic (exact) mass is 1290 g/mol. The smallest absolute Gasteiger partial charge is 0.204 e. The van der Waals surface area contributed by atoms with E-state index in [0.717, 1.165) is 0 Å². The third-order valence-corrected chi connectivity index (χ3v) is 13.9. The highest BCUT2D eigenvalue weighted by molar-refractivity contribution is 5.98. The number of H-pyrrole nitrogens is 2. The third-order valence-electron chi connectivity index (χ3n) is 13.9. The molecule has 0 aliphatic carbocycles. The van der Waals surface area contributed by atoms with E-state index in [9.17, 15) is 46.0 Å². The number of hydrogen-bond acceptors (Lipinski definition) is 15. The maximum absolute atomic E-state index is 16.9. The van der Waals surface area contributed by atoms with E-state index in [-0.39, 0.29) is 6.42 Å². The van der Waals surface area contributed by atoms with Gasteiger partial charge in [0.1, 0.15) is 56.9 Å². The second kappa shape index (κ2) is 26.1. The van der Waals surface area contributed by atoms with Gasteiger partial charge in [-0.15, -0.1) is 0 Å². The van der Waals surface area contributed by atoms with Crippen molar-refractivity contribution in [3.8, 4) is 67.5 Å². The molecule has 4 aromatic carbocycles. The molecule has 0 radical (unpaired) electrons. The fourth-order valence-electron chi connectivity index (χ4n) is 9.41. The van der Waals surface area contributed by atoms with Crippen molar-refractivity contribution in [2.45, 2.75) is 50.0 Å². The zero-order valence-corrected chi connectivity index (χ0v) is 45.2. The summed E-state index contributed by atoms with van der Waals surface area (Å²) in [6.07, 6.45) is -12.2. The van der Waals surface area contributed by atoms with Crippen molar-refractivity contribution in [1.82, 2.24) is 19.9 Å². The Morgan fingerprint density at radius 2 is 0.589 bits per heavy atom. The van der Waals surface area contributed by atoms with Crippen LogP contribution in [0.4, 0.5) is 70.2 Å². The number of benzene rings is 4. The van der Waals surface area contributed by atoms with Crippen molar-refractivity contribution in [2.24, 2.45) is 0 Å². The number of fused-ring (bicyclic) bond motifs is 8. The van der Waals surface area contributed by atoms with Gasteiger partial charge in [-0.2, -0.15) is 35.1 Å². The Labute approximate surface area is 492 Å². The van der Waals surface area contributed by atoms with Crippen LogP contribution in [0.1, 0.15) is 48.3 Å². The highest BCUT2D eigenvalue weighted by atomic mass is 19.2. The van der Waals surface area contributed by atoms with Crippen molar-refractivity contribution in [3.63, 3.8) is 0 Å². The number of hydrogen-bond donors (Lipinski definition) is 11. The molecule has 480 valence electrons. The van der Waals surface area contributed by atoms with Crippen LogP contribution in [0.3, 0.4) is 0 Å². The zero-order valence-electron chi connectivity index (χ0n) is 45.2. The first-order chi connectivity index (χ1) is 42.6. The lowest BCUT2D eigenvalue weighted by atomic mass is 9.96. The van der Waals surface area contributed by atoms with Crippen LogP contribution in [0.25, 0.3) is 78.7 Å². The van der Waals surface area contributed by atoms with Crippen LogP contribution < -0.4 is 18.9 Å². The molecule has 5 heterocycles. The van der Waals surface area contributed by atoms with Crippen molar-refractivity contribution in [3.05, 3.63) is 140 Å². The molecule has 6 atom stereocenters. The van der Waals surface area contributed by atoms with Crippen molar-refractivity contribution < 1.29 is 135 Å². The quantitative estimate of drug-likeness (QED) is 0.0252. The molecule has 9 rings (SSSR count). The van der Waals surface area contributed by atoms with Crippen LogP contribution in [-0.2, 0) is 0 Å². The molecule has 0 saturated carbocycles. The normalized spacial score (nSPS) is 15.4. The van der Waals surface area contributed by atoms with E-state index < -0.39 is 288 Å². The first-order valence-electron chi connectivity index (χ1n) is 26.0. The lowest BCUT2D eigenvalue weighted by Gasteiger charge is -2.17. The minimum Gasteiger partial charge on any atom is -0.485 e. The van der Waals surface area contributed by atoms with E-state index in [4.69, 9.17) is 18.9 Å². The number of nitrogens with one attached hydrogen (secondary N) is 2. The second-order valence-electron chi connectivity index (χ2n) is 19.7. The maximum atomic E-state index is 16.9. The van der Waals surface area contributed by atoms with E-state index in [0.29, 0.717) is 36.4 Å². The Balaban J connectivity index is 1.54. The van der Waals surface area contributed by atoms with Gasteiger partial charge in [-0.05, 0) is 42.8 Å². The summed E-state index contributed by atoms with van der Waals surface area (Å²) in [4.78, 5) is 12.6. The van der Waals surface area contributed by atoms with E-state index in [1.165, 1.54) is 6.92 Å². The number of aliphatic hydroxyl groups is 9. The van der Waals surface area contributed by atoms with Crippen LogP contribution in [0.15, 0.2) is 24.3 Å². The van der Waals surface area contributed by atoms with Crippen LogP contribution in [-0.4, -0.2) is 137 Å². The molecule has 0 saturated heterocycles. The summed E-state index contributed by atoms with van der Waals surface area (Å²) in [5.74, 6) is -46.9. The Kier molecular flexibility index (Phi) is 19.1. The fraction of sp³-hybridized carbons (Fsp3) is 0.263. The topological polar surface area (TPSA) is 276 Å². The summed E-state index contributed by atoms with van der Waals surface area (Å²) in [5.41, 5.74) is -22.8. The largest absolute Gasteiger partial charge is 0.485 e. The molecule has 0 amide bonds. The summed E-state index contributed by atoms with van der Waals surface area (Å²) in [5, 5.41) is 91.1. The average molecular weight is 1290 g/mol. The Morgan fingerprint density at radius 3 is 0.833 bits per heavy atom. The van der Waals surface area contributed by atoms with E-state index in [2.05, 4.69) is 19.9 Å². The third kappa shape index (κ3) is 11.5. The van der Waals surface area contributed by atoms with Crippen LogP contribution in [0, 0.1) is 93.1 Å². The van der Waals surface area contributed by atoms with Crippen molar-refractivity contribution in [2.75, 3.05) is 46.2 Å². The maximum Gasteiger partial charge on any atom is 0.204 e. The molecule has 33 heteroatoms. The average Bonchev–Trinajstić information content (AvgIpc) is 1.60. The molecule has 4 unspecified atom stereocenters. The lowest BCUT2D eigenvalue weighted by molar-refractivity contribution is 0.0259. The number of aromatic nitrogens is 4. The highest BCUT2D eigenvalue weighted by Gasteiger charge is 2.41. The first kappa shape index (κ1) is 65.9. The molecule has 11 N–H and O–H groups in total. The Hall–Kier alpha value is -8.54. The molecular formula is C57H42F16N4O13. The molecule has 2 aliphatic heterocycles. The van der Waals surface area contributed by atoms with Gasteiger partial charge in [0.15, 0.2) is 69.5 Å². The van der Waals surface area contributed by atoms with Gasteiger partial charge in [0.05, 0.1) is 71.0 Å². The van der Waals surface area contributed by atoms with Gasteiger partial charge in [0, 0.05) is 44.3 Å². The minimum absolute atomic E-state index is 0.151. The molecule has 3 aromatic heterocycles. The summed E-state index contributed by atoms with van der Waals surface area (Å²) in [7, 11) is 0. The number of aliphatic hydroxyl groups excluding tert-OH is 9. The number of nitrogens with zero attached hydrogens (tertiary/aromatic N) is 2. The van der Waals surface area contributed by atoms with Gasteiger partial charge in [-0.25, -0.2) is 40.1 Å². The van der Waals surface area contributed by atoms with Gasteiger partial charge in [-0.1, -0.05) is 6.92 Å². The van der Waals surface area contributed by atoms with Gasteiger partial charge in [0.25, 0.3) is 0 Å². The summed E-state index contributed by atoms with van der Waals surface area (Å²) in [6.45, 7) is -6.75. The Morgan fingerprint density at radius 1 is 0.356 bits per heavy atom. The highest BCUT2D eigenvalue weighted by Crippen LogP contribution is 2.50. The predicted molar refractivity (Wildman–Crippen MR) is 278 cm³/mol. The van der Waals surface area contributed by atoms with Crippen LogP contribution >= 0.6 is 0 Å². The molecular weight excluding hydrogens is 1250 g/mol. The number of rotatable bonds is 20. The Bertz CT molecular complexity index is 3850. The standard InChI is InChI=1S/C57H42F16N4O13/c1-2-16(81)12-87-54-46(70)38(62)32(39(63)47(54)71)28-24-7-5-22(75-24)26(30-34(58)42(66)55(43(67)35(30)59)88-13-17(82)9-78)20-3-4-21(74-20)27(31-36(60)44(68)56(45(69)37(31)61)89-14-18(83)10-79)23-6-8-25(76-23)29(51-53(86)52(85)50(28)77-51)33-40(64)48(72)57(49(73)41(33)65)90-15-19(84)11-80/h3-8,16-19,52-53,75-76,78-86H,2,9-15H2,1H3/t16?,17?,18?,19?,52-,53-/m1/s1. The van der Waals surface area contributed by atoms with E-state index in [1.54, 1.807) is 0 Å². The zero-order chi connectivity index (χ0) is 65.8. The van der Waals surface area contributed by atoms with Gasteiger partial charge in [-0.3, -0.25) is 4.98 Å². The minimum atomic E-state index is -2.99. The van der Waals surface area contributed by atoms with Gasteiger partial charge < -0.3 is 74.9 Å². The summed E-state index contributed by atoms with van der Waals surface area (Å²) < 4.78 is 284. The molecule has 7 aromatic rings. The lowest BCUT2D eigenvalue weighted by Crippen LogP contribution is -2.22. The SMILES string of the molecule is CCC(O)COc1c(F)c(F)c(-c2c3nc(c(-c4c(F)c(F)c(OCC(O)CO)c(F)c4F)c4ccc([nH]4)c(-c4c(F)c(F)c(OCC(O)CO)c(F)c4F)c4nc(c(-c5c(F)c(F)c(OCC(O)CO)c(F)c5F)c5ccc2[nH]5)C=C4)[C@@H](O)[C@@H]3O)c(F)c1F. The molecule has 2 aliphatic rings. The summed E-state index contributed by atoms with van der Waals surface area (Å²) >= 11 is 0. The van der Waals surface area contributed by atoms with Gasteiger partial charge in [0.2, 0.25) is 46.5 Å². The molecule has 17 nitrogen and oxygen atoms in total. The van der Waals surface area contributed by atoms with Crippen LogP contribution in [0.5, 0.6) is 23.0 Å². The number of ether oxygens (including phenoxy) is 4. The number of aromatic amines is 2. The first-order valence-corrected chi connectivity index (χ1v) is 26.0. The van der Waals surface area contributed by atoms with Crippen molar-refractivity contribution >= 4 is 34.2 Å². The molecule has 8 bridgehead atoms. The predicted octanol–water partition coefficient (Wildman–Crippen LogP) is 8.49. The van der Waals surface area contributed by atoms with E-state index >= 15 is 70.2 Å². The summed E-state index contributed by atoms with van der Waals surface area (Å²) in [6, 6.07) is 2.30. The van der Waals surface area contributed by atoms with E-state index in [1.807, 2.05) is 0 Å². The fourth-order valence-corrected chi connectivity index (χ4v) is 9.41.